The first-order chi connectivity index (χ1) is 7.45. The molecule has 0 saturated carbocycles. The summed E-state index contributed by atoms with van der Waals surface area (Å²) in [5.41, 5.74) is 4.97. The lowest BCUT2D eigenvalue weighted by atomic mass is 10.1. The third-order valence-electron chi connectivity index (χ3n) is 2.22. The van der Waals surface area contributed by atoms with Crippen LogP contribution in [0.4, 0.5) is 0 Å². The summed E-state index contributed by atoms with van der Waals surface area (Å²) in [6.45, 7) is 6.48. The van der Waals surface area contributed by atoms with Crippen molar-refractivity contribution in [2.45, 2.75) is 39.2 Å². The zero-order valence-electron chi connectivity index (χ0n) is 10.0. The number of carbonyl (C=O) groups is 1. The lowest BCUT2D eigenvalue weighted by molar-refractivity contribution is -0.122. The monoisotopic (exact) mass is 241 g/mol. The molecule has 1 amide bonds. The molecule has 0 aliphatic carbocycles. The summed E-state index contributed by atoms with van der Waals surface area (Å²) in [6.07, 6.45) is 3.02. The maximum atomic E-state index is 11.6. The molecular formula is C11H19N3OS. The first kappa shape index (κ1) is 13.1. The Morgan fingerprint density at radius 2 is 2.31 bits per heavy atom. The minimum atomic E-state index is -0.398. The number of amides is 1. The van der Waals surface area contributed by atoms with Crippen molar-refractivity contribution in [3.8, 4) is 0 Å². The molecule has 0 aliphatic heterocycles. The van der Waals surface area contributed by atoms with Gasteiger partial charge in [-0.2, -0.15) is 0 Å². The number of hydrogen-bond acceptors (Lipinski definition) is 4. The second-order valence-electron chi connectivity index (χ2n) is 4.34. The molecule has 0 bridgehead atoms. The van der Waals surface area contributed by atoms with Gasteiger partial charge in [-0.1, -0.05) is 0 Å². The van der Waals surface area contributed by atoms with Gasteiger partial charge in [0, 0.05) is 17.5 Å². The number of nitrogens with two attached hydrogens (primary N) is 1. The van der Waals surface area contributed by atoms with Crippen LogP contribution in [0.2, 0.25) is 0 Å². The summed E-state index contributed by atoms with van der Waals surface area (Å²) in [5.74, 6) is 0.0308. The van der Waals surface area contributed by atoms with Crippen molar-refractivity contribution in [3.63, 3.8) is 0 Å². The summed E-state index contributed by atoms with van der Waals surface area (Å²) in [6, 6.07) is 0. The van der Waals surface area contributed by atoms with Crippen LogP contribution in [0, 0.1) is 6.92 Å². The highest BCUT2D eigenvalue weighted by Gasteiger charge is 2.25. The molecule has 1 aromatic rings. The average Bonchev–Trinajstić information content (AvgIpc) is 2.62. The van der Waals surface area contributed by atoms with E-state index in [9.17, 15) is 4.79 Å². The Labute approximate surface area is 100 Å². The molecule has 3 N–H and O–H groups in total. The molecule has 1 rings (SSSR count). The molecule has 1 heterocycles. The van der Waals surface area contributed by atoms with Crippen molar-refractivity contribution in [1.82, 2.24) is 10.3 Å². The van der Waals surface area contributed by atoms with E-state index in [1.54, 1.807) is 11.3 Å². The SMILES string of the molecule is Cc1cnc(C(C)(C)NC(=O)CCCN)s1. The van der Waals surface area contributed by atoms with Gasteiger partial charge in [-0.25, -0.2) is 4.98 Å². The van der Waals surface area contributed by atoms with Crippen molar-refractivity contribution < 1.29 is 4.79 Å². The van der Waals surface area contributed by atoms with Gasteiger partial charge in [0.1, 0.15) is 5.01 Å². The second kappa shape index (κ2) is 5.41. The van der Waals surface area contributed by atoms with Gasteiger partial charge in [0.2, 0.25) is 5.91 Å². The molecule has 5 heteroatoms. The molecule has 4 nitrogen and oxygen atoms in total. The molecule has 0 saturated heterocycles. The van der Waals surface area contributed by atoms with E-state index < -0.39 is 5.54 Å². The Balaban J connectivity index is 2.61. The molecule has 0 unspecified atom stereocenters. The number of aromatic nitrogens is 1. The normalized spacial score (nSPS) is 11.5. The van der Waals surface area contributed by atoms with E-state index in [0.717, 1.165) is 16.3 Å². The minimum absolute atomic E-state index is 0.0308. The van der Waals surface area contributed by atoms with Gasteiger partial charge in [0.25, 0.3) is 0 Å². The van der Waals surface area contributed by atoms with E-state index >= 15 is 0 Å². The highest BCUT2D eigenvalue weighted by Crippen LogP contribution is 2.24. The number of nitrogens with one attached hydrogen (secondary N) is 1. The Kier molecular flexibility index (Phi) is 4.44. The third kappa shape index (κ3) is 3.57. The third-order valence-corrected chi connectivity index (χ3v) is 3.45. The molecule has 90 valence electrons. The Morgan fingerprint density at radius 3 is 2.81 bits per heavy atom. The number of nitrogens with zero attached hydrogens (tertiary/aromatic N) is 1. The Bertz CT molecular complexity index is 360. The van der Waals surface area contributed by atoms with Crippen molar-refractivity contribution in [3.05, 3.63) is 16.1 Å². The van der Waals surface area contributed by atoms with Crippen LogP contribution < -0.4 is 11.1 Å². The van der Waals surface area contributed by atoms with Crippen molar-refractivity contribution in [2.75, 3.05) is 6.54 Å². The molecule has 0 radical (unpaired) electrons. The molecule has 1 aromatic heterocycles. The molecule has 16 heavy (non-hydrogen) atoms. The summed E-state index contributed by atoms with van der Waals surface area (Å²) >= 11 is 1.61. The summed E-state index contributed by atoms with van der Waals surface area (Å²) in [5, 5.41) is 3.91. The van der Waals surface area contributed by atoms with Crippen LogP contribution in [0.15, 0.2) is 6.20 Å². The van der Waals surface area contributed by atoms with Crippen LogP contribution in [0.1, 0.15) is 36.6 Å². The molecule has 0 fully saturated rings. The van der Waals surface area contributed by atoms with Gasteiger partial charge in [-0.3, -0.25) is 4.79 Å². The summed E-state index contributed by atoms with van der Waals surface area (Å²) in [7, 11) is 0. The van der Waals surface area contributed by atoms with Gasteiger partial charge in [-0.05, 0) is 33.7 Å². The Hall–Kier alpha value is -0.940. The molecule has 0 aromatic carbocycles. The van der Waals surface area contributed by atoms with Gasteiger partial charge in [0.15, 0.2) is 0 Å². The molecule has 0 spiro atoms. The highest BCUT2D eigenvalue weighted by molar-refractivity contribution is 7.11. The largest absolute Gasteiger partial charge is 0.345 e. The summed E-state index contributed by atoms with van der Waals surface area (Å²) in [4.78, 5) is 17.1. The zero-order chi connectivity index (χ0) is 12.2. The maximum absolute atomic E-state index is 11.6. The van der Waals surface area contributed by atoms with Gasteiger partial charge >= 0.3 is 0 Å². The number of hydrogen-bond donors (Lipinski definition) is 2. The topological polar surface area (TPSA) is 68.0 Å². The van der Waals surface area contributed by atoms with E-state index in [4.69, 9.17) is 5.73 Å². The standard InChI is InChI=1S/C11H19N3OS/c1-8-7-13-10(16-8)11(2,3)14-9(15)5-4-6-12/h7H,4-6,12H2,1-3H3,(H,14,15). The van der Waals surface area contributed by atoms with Crippen molar-refractivity contribution >= 4 is 17.2 Å². The van der Waals surface area contributed by atoms with Gasteiger partial charge < -0.3 is 11.1 Å². The molecular weight excluding hydrogens is 222 g/mol. The van der Waals surface area contributed by atoms with Gasteiger partial charge in [-0.15, -0.1) is 11.3 Å². The van der Waals surface area contributed by atoms with Crippen LogP contribution in [0.3, 0.4) is 0 Å². The van der Waals surface area contributed by atoms with Crippen molar-refractivity contribution in [2.24, 2.45) is 5.73 Å². The predicted octanol–water partition coefficient (Wildman–Crippen LogP) is 1.54. The fourth-order valence-electron chi connectivity index (χ4n) is 1.37. The first-order valence-corrected chi connectivity index (χ1v) is 6.21. The quantitative estimate of drug-likeness (QED) is 0.821. The summed E-state index contributed by atoms with van der Waals surface area (Å²) < 4.78 is 0. The zero-order valence-corrected chi connectivity index (χ0v) is 10.9. The highest BCUT2D eigenvalue weighted by atomic mass is 32.1. The smallest absolute Gasteiger partial charge is 0.220 e. The number of aryl methyl sites for hydroxylation is 1. The van der Waals surface area contributed by atoms with Crippen molar-refractivity contribution in [1.29, 1.82) is 0 Å². The maximum Gasteiger partial charge on any atom is 0.220 e. The number of rotatable bonds is 5. The lowest BCUT2D eigenvalue weighted by Crippen LogP contribution is -2.40. The van der Waals surface area contributed by atoms with Crippen LogP contribution in [0.25, 0.3) is 0 Å². The number of thiazole rings is 1. The van der Waals surface area contributed by atoms with Gasteiger partial charge in [0.05, 0.1) is 5.54 Å². The van der Waals surface area contributed by atoms with E-state index in [-0.39, 0.29) is 5.91 Å². The van der Waals surface area contributed by atoms with Crippen LogP contribution in [-0.2, 0) is 10.3 Å². The van der Waals surface area contributed by atoms with Crippen LogP contribution >= 0.6 is 11.3 Å². The predicted molar refractivity (Wildman–Crippen MR) is 66.3 cm³/mol. The minimum Gasteiger partial charge on any atom is -0.345 e. The molecule has 0 atom stereocenters. The van der Waals surface area contributed by atoms with E-state index in [2.05, 4.69) is 10.3 Å². The molecule has 0 aliphatic rings. The first-order valence-electron chi connectivity index (χ1n) is 5.39. The fourth-order valence-corrected chi connectivity index (χ4v) is 2.19. The van der Waals surface area contributed by atoms with Crippen LogP contribution in [-0.4, -0.2) is 17.4 Å². The fraction of sp³-hybridized carbons (Fsp3) is 0.636. The second-order valence-corrected chi connectivity index (χ2v) is 5.58. The average molecular weight is 241 g/mol. The lowest BCUT2D eigenvalue weighted by Gasteiger charge is -2.23. The number of carbonyl (C=O) groups excluding carboxylic acids is 1. The van der Waals surface area contributed by atoms with Crippen LogP contribution in [0.5, 0.6) is 0 Å². The van der Waals surface area contributed by atoms with E-state index in [1.165, 1.54) is 0 Å². The van der Waals surface area contributed by atoms with E-state index in [0.29, 0.717) is 13.0 Å². The Morgan fingerprint density at radius 1 is 1.62 bits per heavy atom. The van der Waals surface area contributed by atoms with E-state index in [1.807, 2.05) is 27.0 Å².